The summed E-state index contributed by atoms with van der Waals surface area (Å²) in [5.74, 6) is 0.545. The van der Waals surface area contributed by atoms with Crippen LogP contribution in [-0.2, 0) is 12.0 Å². The van der Waals surface area contributed by atoms with E-state index in [1.165, 1.54) is 33.6 Å². The monoisotopic (exact) mass is 306 g/mol. The van der Waals surface area contributed by atoms with Crippen molar-refractivity contribution in [2.75, 3.05) is 23.3 Å². The van der Waals surface area contributed by atoms with E-state index in [4.69, 9.17) is 0 Å². The minimum absolute atomic E-state index is 0.0472. The molecule has 0 amide bonds. The molecule has 4 rings (SSSR count). The number of fused-ring (bicyclic) bond motifs is 5. The van der Waals surface area contributed by atoms with E-state index in [1.54, 1.807) is 0 Å². The van der Waals surface area contributed by atoms with Crippen LogP contribution in [0.3, 0.4) is 0 Å². The standard InChI is InChI=1S/C21H26N2/c1-5-23(6-2)16-11-14(3)20-17(13-16)19-12-15-9-7-8-10-18(15)21(19,4)22-20/h7-11,13,19,22H,5-6,12H2,1-4H3. The molecule has 2 atom stereocenters. The summed E-state index contributed by atoms with van der Waals surface area (Å²) in [4.78, 5) is 2.45. The normalized spacial score (nSPS) is 23.9. The average Bonchev–Trinajstić information content (AvgIpc) is 2.99. The molecule has 23 heavy (non-hydrogen) atoms. The lowest BCUT2D eigenvalue weighted by atomic mass is 9.84. The van der Waals surface area contributed by atoms with Gasteiger partial charge in [-0.1, -0.05) is 24.3 Å². The second-order valence-corrected chi connectivity index (χ2v) is 7.14. The SMILES string of the molecule is CCN(CC)c1cc(C)c2c(c1)C1Cc3ccccc3C1(C)N2. The molecule has 0 saturated carbocycles. The van der Waals surface area contributed by atoms with Crippen LogP contribution in [0.25, 0.3) is 0 Å². The van der Waals surface area contributed by atoms with Crippen LogP contribution in [0.2, 0.25) is 0 Å². The third kappa shape index (κ3) is 1.94. The lowest BCUT2D eigenvalue weighted by Crippen LogP contribution is -2.29. The number of benzene rings is 2. The molecule has 2 aromatic rings. The zero-order chi connectivity index (χ0) is 16.2. The zero-order valence-corrected chi connectivity index (χ0v) is 14.6. The second-order valence-electron chi connectivity index (χ2n) is 7.14. The Bertz CT molecular complexity index is 760. The molecule has 120 valence electrons. The van der Waals surface area contributed by atoms with E-state index in [9.17, 15) is 0 Å². The molecule has 0 aromatic heterocycles. The van der Waals surface area contributed by atoms with Crippen molar-refractivity contribution in [3.63, 3.8) is 0 Å². The van der Waals surface area contributed by atoms with Crippen molar-refractivity contribution in [2.45, 2.75) is 45.6 Å². The fourth-order valence-corrected chi connectivity index (χ4v) is 4.66. The van der Waals surface area contributed by atoms with Gasteiger partial charge < -0.3 is 10.2 Å². The molecule has 0 radical (unpaired) electrons. The zero-order valence-electron chi connectivity index (χ0n) is 14.6. The van der Waals surface area contributed by atoms with Crippen molar-refractivity contribution in [2.24, 2.45) is 0 Å². The van der Waals surface area contributed by atoms with E-state index in [1.807, 2.05) is 0 Å². The molecule has 2 heteroatoms. The Morgan fingerprint density at radius 3 is 2.65 bits per heavy atom. The topological polar surface area (TPSA) is 15.3 Å². The Kier molecular flexibility index (Phi) is 3.19. The Balaban J connectivity index is 1.83. The third-order valence-electron chi connectivity index (χ3n) is 5.94. The van der Waals surface area contributed by atoms with Crippen molar-refractivity contribution in [1.29, 1.82) is 0 Å². The van der Waals surface area contributed by atoms with Gasteiger partial charge in [-0.2, -0.15) is 0 Å². The van der Waals surface area contributed by atoms with Crippen molar-refractivity contribution < 1.29 is 0 Å². The molecule has 0 spiro atoms. The maximum absolute atomic E-state index is 3.88. The van der Waals surface area contributed by atoms with E-state index < -0.39 is 0 Å². The van der Waals surface area contributed by atoms with Gasteiger partial charge in [0.2, 0.25) is 0 Å². The van der Waals surface area contributed by atoms with Crippen molar-refractivity contribution in [3.8, 4) is 0 Å². The highest BCUT2D eigenvalue weighted by molar-refractivity contribution is 5.74. The summed E-state index contributed by atoms with van der Waals surface area (Å²) < 4.78 is 0. The number of aryl methyl sites for hydroxylation is 1. The summed E-state index contributed by atoms with van der Waals surface area (Å²) in [5.41, 5.74) is 8.64. The van der Waals surface area contributed by atoms with Gasteiger partial charge >= 0.3 is 0 Å². The molecule has 1 aliphatic carbocycles. The first-order chi connectivity index (χ1) is 11.1. The Labute approximate surface area is 139 Å². The van der Waals surface area contributed by atoms with Crippen LogP contribution < -0.4 is 10.2 Å². The number of anilines is 2. The van der Waals surface area contributed by atoms with Gasteiger partial charge in [-0.15, -0.1) is 0 Å². The van der Waals surface area contributed by atoms with Crippen LogP contribution in [-0.4, -0.2) is 13.1 Å². The Morgan fingerprint density at radius 1 is 1.17 bits per heavy atom. The highest BCUT2D eigenvalue weighted by atomic mass is 15.1. The first-order valence-corrected chi connectivity index (χ1v) is 8.84. The summed E-state index contributed by atoms with van der Waals surface area (Å²) in [5, 5.41) is 3.88. The van der Waals surface area contributed by atoms with E-state index in [-0.39, 0.29) is 5.54 Å². The Hall–Kier alpha value is -1.96. The van der Waals surface area contributed by atoms with Gasteiger partial charge in [0.25, 0.3) is 0 Å². The number of nitrogens with one attached hydrogen (secondary N) is 1. The summed E-state index contributed by atoms with van der Waals surface area (Å²) in [7, 11) is 0. The minimum atomic E-state index is 0.0472. The number of rotatable bonds is 3. The number of nitrogens with zero attached hydrogens (tertiary/aromatic N) is 1. The van der Waals surface area contributed by atoms with E-state index >= 15 is 0 Å². The van der Waals surface area contributed by atoms with Gasteiger partial charge in [0.1, 0.15) is 0 Å². The number of hydrogen-bond donors (Lipinski definition) is 1. The molecule has 1 N–H and O–H groups in total. The minimum Gasteiger partial charge on any atom is -0.375 e. The van der Waals surface area contributed by atoms with Crippen molar-refractivity contribution in [3.05, 3.63) is 58.7 Å². The van der Waals surface area contributed by atoms with E-state index in [2.05, 4.69) is 74.3 Å². The number of hydrogen-bond acceptors (Lipinski definition) is 2. The van der Waals surface area contributed by atoms with Crippen LogP contribution in [0.5, 0.6) is 0 Å². The predicted octanol–water partition coefficient (Wildman–Crippen LogP) is 4.82. The van der Waals surface area contributed by atoms with Gasteiger partial charge in [-0.05, 0) is 68.5 Å². The molecule has 0 saturated heterocycles. The van der Waals surface area contributed by atoms with Gasteiger partial charge in [0.05, 0.1) is 5.54 Å². The second kappa shape index (κ2) is 5.02. The van der Waals surface area contributed by atoms with E-state index in [0.717, 1.165) is 19.5 Å². The lowest BCUT2D eigenvalue weighted by Gasteiger charge is -2.27. The molecule has 2 aromatic carbocycles. The van der Waals surface area contributed by atoms with Gasteiger partial charge in [-0.3, -0.25) is 0 Å². The Morgan fingerprint density at radius 2 is 1.91 bits per heavy atom. The molecule has 0 fully saturated rings. The highest BCUT2D eigenvalue weighted by Gasteiger charge is 2.49. The van der Waals surface area contributed by atoms with Crippen LogP contribution in [0.15, 0.2) is 36.4 Å². The van der Waals surface area contributed by atoms with Crippen LogP contribution >= 0.6 is 0 Å². The van der Waals surface area contributed by atoms with Gasteiger partial charge in [-0.25, -0.2) is 0 Å². The molecule has 1 heterocycles. The highest BCUT2D eigenvalue weighted by Crippen LogP contribution is 2.56. The molecule has 2 unspecified atom stereocenters. The smallest absolute Gasteiger partial charge is 0.0672 e. The largest absolute Gasteiger partial charge is 0.375 e. The van der Waals surface area contributed by atoms with Gasteiger partial charge in [0, 0.05) is 30.4 Å². The van der Waals surface area contributed by atoms with Crippen molar-refractivity contribution in [1.82, 2.24) is 0 Å². The first kappa shape index (κ1) is 14.6. The summed E-state index contributed by atoms with van der Waals surface area (Å²) >= 11 is 0. The van der Waals surface area contributed by atoms with Crippen LogP contribution in [0.1, 0.15) is 48.9 Å². The summed E-state index contributed by atoms with van der Waals surface area (Å²) in [6.45, 7) is 11.2. The molecular weight excluding hydrogens is 280 g/mol. The van der Waals surface area contributed by atoms with Crippen molar-refractivity contribution >= 4 is 11.4 Å². The molecule has 1 aliphatic heterocycles. The predicted molar refractivity (Wildman–Crippen MR) is 98.6 cm³/mol. The summed E-state index contributed by atoms with van der Waals surface area (Å²) in [6.07, 6.45) is 1.15. The fourth-order valence-electron chi connectivity index (χ4n) is 4.66. The molecular formula is C21H26N2. The first-order valence-electron chi connectivity index (χ1n) is 8.84. The molecule has 2 nitrogen and oxygen atoms in total. The summed E-state index contributed by atoms with van der Waals surface area (Å²) in [6, 6.07) is 13.7. The molecule has 0 bridgehead atoms. The van der Waals surface area contributed by atoms with Gasteiger partial charge in [0.15, 0.2) is 0 Å². The lowest BCUT2D eigenvalue weighted by molar-refractivity contribution is 0.491. The van der Waals surface area contributed by atoms with Crippen LogP contribution in [0, 0.1) is 6.92 Å². The fraction of sp³-hybridized carbons (Fsp3) is 0.429. The quantitative estimate of drug-likeness (QED) is 0.874. The maximum Gasteiger partial charge on any atom is 0.0672 e. The van der Waals surface area contributed by atoms with E-state index in [0.29, 0.717) is 5.92 Å². The van der Waals surface area contributed by atoms with Crippen LogP contribution in [0.4, 0.5) is 11.4 Å². The molecule has 2 aliphatic rings. The maximum atomic E-state index is 3.88. The third-order valence-corrected chi connectivity index (χ3v) is 5.94. The average molecular weight is 306 g/mol.